The summed E-state index contributed by atoms with van der Waals surface area (Å²) in [5, 5.41) is 3.96. The normalized spacial score (nSPS) is 10.4. The maximum absolute atomic E-state index is 10.2. The predicted octanol–water partition coefficient (Wildman–Crippen LogP) is 3.90. The fourth-order valence-electron chi connectivity index (χ4n) is 2.21. The van der Waals surface area contributed by atoms with Crippen LogP contribution in [-0.2, 0) is 22.7 Å². The lowest BCUT2D eigenvalue weighted by molar-refractivity contribution is -0.130. The van der Waals surface area contributed by atoms with E-state index in [9.17, 15) is 4.79 Å². The first-order valence-corrected chi connectivity index (χ1v) is 7.54. The zero-order valence-electron chi connectivity index (χ0n) is 13.3. The topological polar surface area (TPSA) is 61.6 Å². The molecule has 1 aromatic heterocycles. The Morgan fingerprint density at radius 2 is 1.79 bits per heavy atom. The highest BCUT2D eigenvalue weighted by atomic mass is 16.5. The monoisotopic (exact) mass is 323 g/mol. The van der Waals surface area contributed by atoms with Crippen LogP contribution in [0.5, 0.6) is 5.75 Å². The third-order valence-corrected chi connectivity index (χ3v) is 3.53. The van der Waals surface area contributed by atoms with Crippen LogP contribution in [0.25, 0.3) is 11.3 Å². The zero-order chi connectivity index (χ0) is 16.8. The number of aromatic nitrogens is 1. The molecule has 122 valence electrons. The van der Waals surface area contributed by atoms with Gasteiger partial charge in [0.1, 0.15) is 18.1 Å². The number of ether oxygens (including phenoxy) is 2. The fraction of sp³-hybridized carbons (Fsp3) is 0.158. The molecule has 0 aliphatic carbocycles. The Kier molecular flexibility index (Phi) is 4.91. The minimum absolute atomic E-state index is 0.0776. The van der Waals surface area contributed by atoms with E-state index in [1.165, 1.54) is 5.56 Å². The Morgan fingerprint density at radius 3 is 2.50 bits per heavy atom. The van der Waals surface area contributed by atoms with Gasteiger partial charge in [-0.1, -0.05) is 35.0 Å². The van der Waals surface area contributed by atoms with Crippen LogP contribution < -0.4 is 4.74 Å². The van der Waals surface area contributed by atoms with Crippen molar-refractivity contribution in [1.29, 1.82) is 0 Å². The number of hydrogen-bond donors (Lipinski definition) is 0. The average molecular weight is 323 g/mol. The van der Waals surface area contributed by atoms with Crippen LogP contribution in [0.4, 0.5) is 0 Å². The number of benzene rings is 2. The Morgan fingerprint density at radius 1 is 1.04 bits per heavy atom. The first-order chi connectivity index (χ1) is 11.7. The van der Waals surface area contributed by atoms with Gasteiger partial charge in [0.05, 0.1) is 0 Å². The van der Waals surface area contributed by atoms with Gasteiger partial charge in [-0.05, 0) is 36.8 Å². The van der Waals surface area contributed by atoms with E-state index in [1.807, 2.05) is 24.3 Å². The first kappa shape index (κ1) is 15.8. The summed E-state index contributed by atoms with van der Waals surface area (Å²) in [5.41, 5.74) is 3.94. The number of carbonyl (C=O) groups is 1. The maximum Gasteiger partial charge on any atom is 0.293 e. The predicted molar refractivity (Wildman–Crippen MR) is 88.3 cm³/mol. The molecule has 0 fully saturated rings. The van der Waals surface area contributed by atoms with E-state index < -0.39 is 0 Å². The van der Waals surface area contributed by atoms with Gasteiger partial charge < -0.3 is 14.0 Å². The molecule has 0 amide bonds. The number of aryl methyl sites for hydroxylation is 1. The second-order valence-electron chi connectivity index (χ2n) is 5.38. The highest BCUT2D eigenvalue weighted by Gasteiger charge is 2.07. The molecule has 0 N–H and O–H groups in total. The Balaban J connectivity index is 1.61. The van der Waals surface area contributed by atoms with E-state index >= 15 is 0 Å². The molecular formula is C19H17NO4. The highest BCUT2D eigenvalue weighted by Crippen LogP contribution is 2.23. The van der Waals surface area contributed by atoms with Gasteiger partial charge in [0.15, 0.2) is 12.4 Å². The number of nitrogens with zero attached hydrogens (tertiary/aromatic N) is 1. The molecule has 5 nitrogen and oxygen atoms in total. The van der Waals surface area contributed by atoms with Crippen LogP contribution in [0.3, 0.4) is 0 Å². The van der Waals surface area contributed by atoms with Crippen molar-refractivity contribution in [3.05, 3.63) is 71.5 Å². The van der Waals surface area contributed by atoms with E-state index in [4.69, 9.17) is 9.26 Å². The molecule has 3 aromatic rings. The summed E-state index contributed by atoms with van der Waals surface area (Å²) >= 11 is 0. The van der Waals surface area contributed by atoms with Gasteiger partial charge in [0.2, 0.25) is 0 Å². The smallest absolute Gasteiger partial charge is 0.293 e. The number of carbonyl (C=O) groups excluding carboxylic acids is 1. The third-order valence-electron chi connectivity index (χ3n) is 3.53. The van der Waals surface area contributed by atoms with Crippen molar-refractivity contribution in [3.63, 3.8) is 0 Å². The lowest BCUT2D eigenvalue weighted by atomic mass is 10.1. The van der Waals surface area contributed by atoms with Crippen LogP contribution in [0.15, 0.2) is 59.1 Å². The lowest BCUT2D eigenvalue weighted by Gasteiger charge is -2.07. The second-order valence-corrected chi connectivity index (χ2v) is 5.38. The van der Waals surface area contributed by atoms with Gasteiger partial charge >= 0.3 is 0 Å². The third kappa shape index (κ3) is 4.01. The molecule has 0 unspecified atom stereocenters. The molecule has 0 radical (unpaired) electrons. The zero-order valence-corrected chi connectivity index (χ0v) is 13.3. The van der Waals surface area contributed by atoms with Crippen molar-refractivity contribution in [2.45, 2.75) is 20.1 Å². The summed E-state index contributed by atoms with van der Waals surface area (Å²) in [6.45, 7) is 3.04. The molecule has 3 rings (SSSR count). The van der Waals surface area contributed by atoms with Gasteiger partial charge in [0.25, 0.3) is 6.47 Å². The summed E-state index contributed by atoms with van der Waals surface area (Å²) in [5.74, 6) is 1.28. The molecule has 0 saturated carbocycles. The van der Waals surface area contributed by atoms with Crippen LogP contribution in [0.1, 0.15) is 16.9 Å². The van der Waals surface area contributed by atoms with Crippen LogP contribution in [0.2, 0.25) is 0 Å². The van der Waals surface area contributed by atoms with Crippen molar-refractivity contribution in [1.82, 2.24) is 5.16 Å². The van der Waals surface area contributed by atoms with Crippen molar-refractivity contribution in [2.24, 2.45) is 0 Å². The minimum Gasteiger partial charge on any atom is -0.489 e. The summed E-state index contributed by atoms with van der Waals surface area (Å²) in [4.78, 5) is 10.2. The Bertz CT molecular complexity index is 791. The Hall–Kier alpha value is -3.08. The van der Waals surface area contributed by atoms with Gasteiger partial charge in [0, 0.05) is 11.6 Å². The largest absolute Gasteiger partial charge is 0.489 e. The van der Waals surface area contributed by atoms with Crippen LogP contribution in [0, 0.1) is 6.92 Å². The molecule has 0 aliphatic heterocycles. The van der Waals surface area contributed by atoms with Gasteiger partial charge in [-0.15, -0.1) is 0 Å². The standard InChI is InChI=1S/C19H17NO4/c1-14-2-4-15(5-3-14)11-23-17-8-6-16(7-9-17)19-10-18(24-20-19)12-22-13-21/h2-10,13H,11-12H2,1H3. The van der Waals surface area contributed by atoms with E-state index in [1.54, 1.807) is 6.07 Å². The lowest BCUT2D eigenvalue weighted by Crippen LogP contribution is -1.95. The molecule has 0 spiro atoms. The molecule has 0 aliphatic rings. The van der Waals surface area contributed by atoms with Crippen molar-refractivity contribution < 1.29 is 18.8 Å². The highest BCUT2D eigenvalue weighted by molar-refractivity contribution is 5.59. The van der Waals surface area contributed by atoms with Crippen LogP contribution in [-0.4, -0.2) is 11.6 Å². The van der Waals surface area contributed by atoms with E-state index in [0.29, 0.717) is 24.5 Å². The summed E-state index contributed by atoms with van der Waals surface area (Å²) < 4.78 is 15.5. The second kappa shape index (κ2) is 7.46. The van der Waals surface area contributed by atoms with Crippen molar-refractivity contribution in [2.75, 3.05) is 0 Å². The Labute approximate surface area is 139 Å². The van der Waals surface area contributed by atoms with Crippen LogP contribution >= 0.6 is 0 Å². The molecule has 0 atom stereocenters. The quantitative estimate of drug-likeness (QED) is 0.617. The fourth-order valence-corrected chi connectivity index (χ4v) is 2.21. The molecular weight excluding hydrogens is 306 g/mol. The number of rotatable bonds is 7. The molecule has 1 heterocycles. The minimum atomic E-state index is 0.0776. The molecule has 0 saturated heterocycles. The average Bonchev–Trinajstić information content (AvgIpc) is 3.09. The molecule has 0 bridgehead atoms. The summed E-state index contributed by atoms with van der Waals surface area (Å²) in [7, 11) is 0. The number of hydrogen-bond acceptors (Lipinski definition) is 5. The molecule has 2 aromatic carbocycles. The maximum atomic E-state index is 10.2. The SMILES string of the molecule is Cc1ccc(COc2ccc(-c3cc(COC=O)on3)cc2)cc1. The van der Waals surface area contributed by atoms with Gasteiger partial charge in [-0.25, -0.2) is 0 Å². The van der Waals surface area contributed by atoms with Crippen molar-refractivity contribution >= 4 is 6.47 Å². The summed E-state index contributed by atoms with van der Waals surface area (Å²) in [6, 6.07) is 17.6. The first-order valence-electron chi connectivity index (χ1n) is 7.54. The summed E-state index contributed by atoms with van der Waals surface area (Å²) in [6.07, 6.45) is 0. The molecule has 24 heavy (non-hydrogen) atoms. The van der Waals surface area contributed by atoms with Gasteiger partial charge in [-0.2, -0.15) is 0 Å². The van der Waals surface area contributed by atoms with Gasteiger partial charge in [-0.3, -0.25) is 4.79 Å². The van der Waals surface area contributed by atoms with E-state index in [0.717, 1.165) is 16.9 Å². The van der Waals surface area contributed by atoms with Crippen molar-refractivity contribution in [3.8, 4) is 17.0 Å². The molecule has 5 heteroatoms. The van der Waals surface area contributed by atoms with E-state index in [2.05, 4.69) is 41.1 Å². The van der Waals surface area contributed by atoms with E-state index in [-0.39, 0.29) is 6.61 Å².